The number of carbonyl (C=O) groups is 2. The highest BCUT2D eigenvalue weighted by molar-refractivity contribution is 5.90. The van der Waals surface area contributed by atoms with Gasteiger partial charge in [-0.05, 0) is 98.8 Å². The molecule has 4 atom stereocenters. The van der Waals surface area contributed by atoms with E-state index < -0.39 is 0 Å². The van der Waals surface area contributed by atoms with Crippen molar-refractivity contribution in [2.24, 2.45) is 16.7 Å². The zero-order valence-electron chi connectivity index (χ0n) is 21.0. The lowest BCUT2D eigenvalue weighted by Crippen LogP contribution is -2.66. The van der Waals surface area contributed by atoms with Gasteiger partial charge in [-0.15, -0.1) is 0 Å². The number of carbonyl (C=O) groups excluding carboxylic acids is 2. The van der Waals surface area contributed by atoms with Gasteiger partial charge in [0.05, 0.1) is 0 Å². The molecule has 186 valence electrons. The highest BCUT2D eigenvalue weighted by Gasteiger charge is 2.60. The van der Waals surface area contributed by atoms with Gasteiger partial charge in [-0.2, -0.15) is 0 Å². The van der Waals surface area contributed by atoms with Crippen LogP contribution in [-0.4, -0.2) is 29.6 Å². The fraction of sp³-hybridized carbons (Fsp3) is 0.714. The third-order valence-electron chi connectivity index (χ3n) is 8.73. The molecule has 0 spiro atoms. The molecule has 3 N–H and O–H groups in total. The molecule has 4 unspecified atom stereocenters. The molecule has 1 aromatic carbocycles. The summed E-state index contributed by atoms with van der Waals surface area (Å²) < 4.78 is 6.23. The summed E-state index contributed by atoms with van der Waals surface area (Å²) in [5.41, 5.74) is 1.54. The van der Waals surface area contributed by atoms with E-state index in [1.165, 1.54) is 19.3 Å². The second-order valence-electron chi connectivity index (χ2n) is 12.5. The van der Waals surface area contributed by atoms with Crippen LogP contribution < -0.4 is 20.7 Å². The Balaban J connectivity index is 1.14. The number of rotatable bonds is 6. The van der Waals surface area contributed by atoms with Gasteiger partial charge < -0.3 is 20.7 Å². The lowest BCUT2D eigenvalue weighted by atomic mass is 9.43. The molecule has 1 aromatic rings. The summed E-state index contributed by atoms with van der Waals surface area (Å²) in [5, 5.41) is 9.64. The molecule has 3 amide bonds. The van der Waals surface area contributed by atoms with Gasteiger partial charge in [0, 0.05) is 30.1 Å². The molecular weight excluding hydrogens is 426 g/mol. The Kier molecular flexibility index (Phi) is 6.06. The summed E-state index contributed by atoms with van der Waals surface area (Å²) in [6.07, 6.45) is 11.8. The van der Waals surface area contributed by atoms with Gasteiger partial charge in [-0.3, -0.25) is 4.79 Å². The molecule has 5 aliphatic rings. The molecular formula is C28H41N3O3. The second kappa shape index (κ2) is 8.76. The van der Waals surface area contributed by atoms with Gasteiger partial charge in [0.25, 0.3) is 0 Å². The summed E-state index contributed by atoms with van der Waals surface area (Å²) in [7, 11) is 0. The van der Waals surface area contributed by atoms with Crippen LogP contribution in [0.15, 0.2) is 24.3 Å². The fourth-order valence-corrected chi connectivity index (χ4v) is 8.49. The standard InChI is InChI=1S/C28H41N3O3/c1-4-24(32)29-20-8-10-22(11-9-20)34-23-7-5-6-21(12-23)30-25(33)31-28-15-19-13-26(2,17-28)16-27(3,14-19)18-28/h8-11,19,21,23H,4-7,12-18H2,1-3H3,(H,29,32)(H2,30,31,33). The largest absolute Gasteiger partial charge is 0.490 e. The van der Waals surface area contributed by atoms with E-state index in [4.69, 9.17) is 4.74 Å². The SMILES string of the molecule is CCC(=O)Nc1ccc(OC2CCCC(NC(=O)NC34CC5CC(C)(CC(C)(C5)C3)C4)C2)cc1. The summed E-state index contributed by atoms with van der Waals surface area (Å²) in [5.74, 6) is 1.57. The highest BCUT2D eigenvalue weighted by atomic mass is 16.5. The zero-order valence-corrected chi connectivity index (χ0v) is 21.0. The summed E-state index contributed by atoms with van der Waals surface area (Å²) in [4.78, 5) is 24.7. The van der Waals surface area contributed by atoms with Crippen LogP contribution in [0.4, 0.5) is 10.5 Å². The monoisotopic (exact) mass is 467 g/mol. The molecule has 6 rings (SSSR count). The molecule has 0 heterocycles. The number of benzene rings is 1. The normalized spacial score (nSPS) is 38.3. The Bertz CT molecular complexity index is 911. The van der Waals surface area contributed by atoms with Crippen LogP contribution >= 0.6 is 0 Å². The minimum atomic E-state index is -0.0213. The van der Waals surface area contributed by atoms with E-state index in [0.29, 0.717) is 17.3 Å². The van der Waals surface area contributed by atoms with Gasteiger partial charge in [0.15, 0.2) is 0 Å². The van der Waals surface area contributed by atoms with Gasteiger partial charge in [-0.1, -0.05) is 20.8 Å². The van der Waals surface area contributed by atoms with E-state index in [0.717, 1.165) is 62.3 Å². The Morgan fingerprint density at radius 3 is 2.35 bits per heavy atom. The van der Waals surface area contributed by atoms with Crippen LogP contribution in [0.25, 0.3) is 0 Å². The zero-order chi connectivity index (χ0) is 24.0. The van der Waals surface area contributed by atoms with Crippen LogP contribution in [0.5, 0.6) is 5.75 Å². The Morgan fingerprint density at radius 2 is 1.71 bits per heavy atom. The Morgan fingerprint density at radius 1 is 1.00 bits per heavy atom. The lowest BCUT2D eigenvalue weighted by Gasteiger charge is -2.65. The first-order chi connectivity index (χ1) is 16.2. The van der Waals surface area contributed by atoms with Crippen molar-refractivity contribution >= 4 is 17.6 Å². The van der Waals surface area contributed by atoms with Crippen LogP contribution in [0.1, 0.15) is 91.4 Å². The molecule has 5 aliphatic carbocycles. The van der Waals surface area contributed by atoms with E-state index >= 15 is 0 Å². The number of nitrogens with one attached hydrogen (secondary N) is 3. The van der Waals surface area contributed by atoms with E-state index in [-0.39, 0.29) is 29.6 Å². The number of urea groups is 1. The van der Waals surface area contributed by atoms with Crippen molar-refractivity contribution in [1.82, 2.24) is 10.6 Å². The van der Waals surface area contributed by atoms with Gasteiger partial charge in [0.2, 0.25) is 5.91 Å². The van der Waals surface area contributed by atoms with Crippen LogP contribution in [0.2, 0.25) is 0 Å². The van der Waals surface area contributed by atoms with Crippen LogP contribution in [-0.2, 0) is 4.79 Å². The molecule has 5 fully saturated rings. The minimum Gasteiger partial charge on any atom is -0.490 e. The van der Waals surface area contributed by atoms with Crippen LogP contribution in [0.3, 0.4) is 0 Å². The van der Waals surface area contributed by atoms with Gasteiger partial charge in [-0.25, -0.2) is 4.79 Å². The average molecular weight is 468 g/mol. The third-order valence-corrected chi connectivity index (χ3v) is 8.73. The molecule has 0 aromatic heterocycles. The van der Waals surface area contributed by atoms with E-state index in [1.807, 2.05) is 31.2 Å². The predicted molar refractivity (Wildman–Crippen MR) is 134 cm³/mol. The number of anilines is 1. The summed E-state index contributed by atoms with van der Waals surface area (Å²) in [6.45, 7) is 6.72. The molecule has 0 saturated heterocycles. The van der Waals surface area contributed by atoms with Gasteiger partial charge >= 0.3 is 6.03 Å². The maximum atomic E-state index is 13.1. The van der Waals surface area contributed by atoms with Gasteiger partial charge in [0.1, 0.15) is 11.9 Å². The van der Waals surface area contributed by atoms with E-state index in [1.54, 1.807) is 0 Å². The molecule has 34 heavy (non-hydrogen) atoms. The van der Waals surface area contributed by atoms with Crippen molar-refractivity contribution in [2.75, 3.05) is 5.32 Å². The van der Waals surface area contributed by atoms with Crippen molar-refractivity contribution in [2.45, 2.75) is 109 Å². The topological polar surface area (TPSA) is 79.5 Å². The lowest BCUT2D eigenvalue weighted by molar-refractivity contribution is -0.116. The average Bonchev–Trinajstić information content (AvgIpc) is 2.72. The number of hydrogen-bond donors (Lipinski definition) is 3. The first-order valence-corrected chi connectivity index (χ1v) is 13.3. The number of ether oxygens (including phenoxy) is 1. The molecule has 0 aliphatic heterocycles. The quantitative estimate of drug-likeness (QED) is 0.497. The second-order valence-corrected chi connectivity index (χ2v) is 12.5. The molecule has 4 bridgehead atoms. The number of hydrogen-bond acceptors (Lipinski definition) is 3. The molecule has 6 nitrogen and oxygen atoms in total. The summed E-state index contributed by atoms with van der Waals surface area (Å²) >= 11 is 0. The molecule has 0 radical (unpaired) electrons. The van der Waals surface area contributed by atoms with Crippen molar-refractivity contribution in [1.29, 1.82) is 0 Å². The summed E-state index contributed by atoms with van der Waals surface area (Å²) in [6, 6.07) is 7.72. The van der Waals surface area contributed by atoms with E-state index in [2.05, 4.69) is 29.8 Å². The molecule has 6 heteroatoms. The van der Waals surface area contributed by atoms with E-state index in [9.17, 15) is 9.59 Å². The first-order valence-electron chi connectivity index (χ1n) is 13.3. The van der Waals surface area contributed by atoms with Crippen molar-refractivity contribution in [3.8, 4) is 5.75 Å². The maximum absolute atomic E-state index is 13.1. The van der Waals surface area contributed by atoms with Crippen LogP contribution in [0, 0.1) is 16.7 Å². The smallest absolute Gasteiger partial charge is 0.315 e. The predicted octanol–water partition coefficient (Wildman–Crippen LogP) is 5.77. The maximum Gasteiger partial charge on any atom is 0.315 e. The first kappa shape index (κ1) is 23.5. The Labute approximate surface area is 204 Å². The van der Waals surface area contributed by atoms with Crippen molar-refractivity contribution in [3.63, 3.8) is 0 Å². The highest BCUT2D eigenvalue weighted by Crippen LogP contribution is 2.66. The molecule has 5 saturated carbocycles. The third kappa shape index (κ3) is 5.06. The van der Waals surface area contributed by atoms with Crippen molar-refractivity contribution in [3.05, 3.63) is 24.3 Å². The van der Waals surface area contributed by atoms with Crippen molar-refractivity contribution < 1.29 is 14.3 Å². The fourth-order valence-electron chi connectivity index (χ4n) is 8.49. The Hall–Kier alpha value is -2.24. The minimum absolute atomic E-state index is 0.00453. The number of amides is 3.